The number of nitrogens with one attached hydrogen (secondary N) is 2. The van der Waals surface area contributed by atoms with Crippen LogP contribution in [0.1, 0.15) is 6.92 Å². The van der Waals surface area contributed by atoms with Gasteiger partial charge in [0, 0.05) is 18.0 Å². The van der Waals surface area contributed by atoms with E-state index in [1.54, 1.807) is 38.6 Å². The standard InChI is InChI=1S/C17H18N4O3S/c1-10(25-17-20-12-5-4-8-18-15(12)21-17)16(22)19-11-6-7-13(23-2)14(9-11)24-3/h4-10H,1-3H3,(H,19,22)(H,18,20,21). The molecule has 25 heavy (non-hydrogen) atoms. The van der Waals surface area contributed by atoms with Crippen molar-refractivity contribution >= 4 is 34.5 Å². The number of thioether (sulfide) groups is 1. The number of hydrogen-bond donors (Lipinski definition) is 2. The summed E-state index contributed by atoms with van der Waals surface area (Å²) in [5.74, 6) is 1.03. The average Bonchev–Trinajstić information content (AvgIpc) is 3.03. The van der Waals surface area contributed by atoms with Crippen molar-refractivity contribution in [3.05, 3.63) is 36.5 Å². The second-order valence-electron chi connectivity index (χ2n) is 5.24. The highest BCUT2D eigenvalue weighted by molar-refractivity contribution is 8.00. The quantitative estimate of drug-likeness (QED) is 0.658. The molecule has 2 N–H and O–H groups in total. The highest BCUT2D eigenvalue weighted by Crippen LogP contribution is 2.30. The van der Waals surface area contributed by atoms with Gasteiger partial charge in [-0.1, -0.05) is 11.8 Å². The van der Waals surface area contributed by atoms with E-state index in [2.05, 4.69) is 20.3 Å². The minimum Gasteiger partial charge on any atom is -0.493 e. The fourth-order valence-corrected chi connectivity index (χ4v) is 3.07. The predicted molar refractivity (Wildman–Crippen MR) is 97.4 cm³/mol. The van der Waals surface area contributed by atoms with Crippen LogP contribution in [0.4, 0.5) is 5.69 Å². The maximum atomic E-state index is 12.4. The SMILES string of the molecule is COc1ccc(NC(=O)C(C)Sc2nc3ncccc3[nH]2)cc1OC. The van der Waals surface area contributed by atoms with E-state index < -0.39 is 0 Å². The van der Waals surface area contributed by atoms with Crippen molar-refractivity contribution in [3.63, 3.8) is 0 Å². The summed E-state index contributed by atoms with van der Waals surface area (Å²) >= 11 is 1.34. The van der Waals surface area contributed by atoms with Gasteiger partial charge in [-0.15, -0.1) is 0 Å². The molecule has 0 aliphatic rings. The average molecular weight is 358 g/mol. The van der Waals surface area contributed by atoms with Crippen LogP contribution in [-0.4, -0.2) is 40.3 Å². The molecule has 3 rings (SSSR count). The van der Waals surface area contributed by atoms with Crippen LogP contribution in [-0.2, 0) is 4.79 Å². The van der Waals surface area contributed by atoms with Gasteiger partial charge in [-0.2, -0.15) is 0 Å². The van der Waals surface area contributed by atoms with Crippen LogP contribution < -0.4 is 14.8 Å². The largest absolute Gasteiger partial charge is 0.493 e. The third-order valence-corrected chi connectivity index (χ3v) is 4.53. The minimum atomic E-state index is -0.339. The molecule has 0 spiro atoms. The Balaban J connectivity index is 1.68. The molecule has 0 saturated heterocycles. The van der Waals surface area contributed by atoms with Crippen molar-refractivity contribution in [2.24, 2.45) is 0 Å². The number of anilines is 1. The molecule has 2 heterocycles. The first-order chi connectivity index (χ1) is 12.1. The summed E-state index contributed by atoms with van der Waals surface area (Å²) in [4.78, 5) is 24.1. The van der Waals surface area contributed by atoms with Crippen LogP contribution in [0, 0.1) is 0 Å². The van der Waals surface area contributed by atoms with Crippen molar-refractivity contribution in [1.29, 1.82) is 0 Å². The number of H-pyrrole nitrogens is 1. The Morgan fingerprint density at radius 3 is 2.76 bits per heavy atom. The van der Waals surface area contributed by atoms with Gasteiger partial charge in [0.05, 0.1) is 25.0 Å². The van der Waals surface area contributed by atoms with Crippen LogP contribution in [0.25, 0.3) is 11.2 Å². The number of imidazole rings is 1. The molecule has 0 fully saturated rings. The Morgan fingerprint density at radius 1 is 1.24 bits per heavy atom. The highest BCUT2D eigenvalue weighted by atomic mass is 32.2. The molecule has 1 unspecified atom stereocenters. The Labute approximate surface area is 149 Å². The second-order valence-corrected chi connectivity index (χ2v) is 6.57. The van der Waals surface area contributed by atoms with Gasteiger partial charge in [0.1, 0.15) is 0 Å². The molecule has 0 aliphatic heterocycles. The van der Waals surface area contributed by atoms with Crippen molar-refractivity contribution < 1.29 is 14.3 Å². The number of fused-ring (bicyclic) bond motifs is 1. The van der Waals surface area contributed by atoms with E-state index >= 15 is 0 Å². The third kappa shape index (κ3) is 3.85. The smallest absolute Gasteiger partial charge is 0.237 e. The van der Waals surface area contributed by atoms with E-state index in [-0.39, 0.29) is 11.2 Å². The third-order valence-electron chi connectivity index (χ3n) is 3.54. The molecular formula is C17H18N4O3S. The van der Waals surface area contributed by atoms with Gasteiger partial charge in [0.2, 0.25) is 5.91 Å². The number of hydrogen-bond acceptors (Lipinski definition) is 6. The normalized spacial score (nSPS) is 12.0. The molecule has 2 aromatic heterocycles. The first-order valence-corrected chi connectivity index (χ1v) is 8.49. The zero-order valence-electron chi connectivity index (χ0n) is 14.1. The second kappa shape index (κ2) is 7.43. The topological polar surface area (TPSA) is 89.1 Å². The summed E-state index contributed by atoms with van der Waals surface area (Å²) in [5.41, 5.74) is 2.12. The van der Waals surface area contributed by atoms with Gasteiger partial charge in [0.25, 0.3) is 0 Å². The van der Waals surface area contributed by atoms with Crippen LogP contribution >= 0.6 is 11.8 Å². The Morgan fingerprint density at radius 2 is 2.04 bits per heavy atom. The molecule has 1 atom stereocenters. The van der Waals surface area contributed by atoms with Crippen molar-refractivity contribution in [2.45, 2.75) is 17.3 Å². The fraction of sp³-hybridized carbons (Fsp3) is 0.235. The van der Waals surface area contributed by atoms with E-state index in [0.29, 0.717) is 28.0 Å². The van der Waals surface area contributed by atoms with Crippen LogP contribution in [0.3, 0.4) is 0 Å². The number of carbonyl (C=O) groups is 1. The maximum absolute atomic E-state index is 12.4. The molecule has 0 radical (unpaired) electrons. The van der Waals surface area contributed by atoms with Gasteiger partial charge < -0.3 is 19.8 Å². The van der Waals surface area contributed by atoms with Crippen molar-refractivity contribution in [2.75, 3.05) is 19.5 Å². The predicted octanol–water partition coefficient (Wildman–Crippen LogP) is 3.09. The molecule has 0 bridgehead atoms. The molecule has 0 saturated carbocycles. The summed E-state index contributed by atoms with van der Waals surface area (Å²) in [7, 11) is 3.12. The van der Waals surface area contributed by atoms with Crippen LogP contribution in [0.15, 0.2) is 41.7 Å². The monoisotopic (exact) mass is 358 g/mol. The highest BCUT2D eigenvalue weighted by Gasteiger charge is 2.17. The molecular weight excluding hydrogens is 340 g/mol. The molecule has 0 aliphatic carbocycles. The molecule has 3 aromatic rings. The van der Waals surface area contributed by atoms with Gasteiger partial charge in [-0.25, -0.2) is 9.97 Å². The van der Waals surface area contributed by atoms with Crippen LogP contribution in [0.2, 0.25) is 0 Å². The summed E-state index contributed by atoms with van der Waals surface area (Å²) in [6.45, 7) is 1.82. The Hall–Kier alpha value is -2.74. The number of aromatic amines is 1. The maximum Gasteiger partial charge on any atom is 0.237 e. The Bertz CT molecular complexity index is 863. The van der Waals surface area contributed by atoms with E-state index in [1.165, 1.54) is 11.8 Å². The van der Waals surface area contributed by atoms with Gasteiger partial charge >= 0.3 is 0 Å². The van der Waals surface area contributed by atoms with E-state index in [1.807, 2.05) is 19.1 Å². The molecule has 130 valence electrons. The lowest BCUT2D eigenvalue weighted by molar-refractivity contribution is -0.115. The lowest BCUT2D eigenvalue weighted by Crippen LogP contribution is -2.22. The van der Waals surface area contributed by atoms with E-state index in [0.717, 1.165) is 5.52 Å². The first kappa shape index (κ1) is 17.1. The summed E-state index contributed by atoms with van der Waals surface area (Å²) in [6.07, 6.45) is 1.69. The lowest BCUT2D eigenvalue weighted by Gasteiger charge is -2.13. The zero-order valence-corrected chi connectivity index (χ0v) is 14.9. The summed E-state index contributed by atoms with van der Waals surface area (Å²) < 4.78 is 10.4. The van der Waals surface area contributed by atoms with E-state index in [4.69, 9.17) is 9.47 Å². The number of benzene rings is 1. The summed E-state index contributed by atoms with van der Waals surface area (Å²) in [6, 6.07) is 8.97. The molecule has 7 nitrogen and oxygen atoms in total. The summed E-state index contributed by atoms with van der Waals surface area (Å²) in [5, 5.41) is 3.19. The van der Waals surface area contributed by atoms with Gasteiger partial charge in [-0.3, -0.25) is 4.79 Å². The number of methoxy groups -OCH3 is 2. The van der Waals surface area contributed by atoms with Gasteiger partial charge in [-0.05, 0) is 31.2 Å². The van der Waals surface area contributed by atoms with Crippen LogP contribution in [0.5, 0.6) is 11.5 Å². The zero-order chi connectivity index (χ0) is 17.8. The lowest BCUT2D eigenvalue weighted by atomic mass is 10.2. The number of aromatic nitrogens is 3. The number of carbonyl (C=O) groups excluding carboxylic acids is 1. The molecule has 8 heteroatoms. The number of ether oxygens (including phenoxy) is 2. The van der Waals surface area contributed by atoms with Crippen molar-refractivity contribution in [3.8, 4) is 11.5 Å². The van der Waals surface area contributed by atoms with E-state index in [9.17, 15) is 4.79 Å². The molecule has 1 amide bonds. The van der Waals surface area contributed by atoms with Crippen molar-refractivity contribution in [1.82, 2.24) is 15.0 Å². The number of amides is 1. The number of pyridine rings is 1. The Kier molecular flexibility index (Phi) is 5.08. The molecule has 1 aromatic carbocycles. The fourth-order valence-electron chi connectivity index (χ4n) is 2.26. The minimum absolute atomic E-state index is 0.134. The number of rotatable bonds is 6. The number of nitrogens with zero attached hydrogens (tertiary/aromatic N) is 2. The first-order valence-electron chi connectivity index (χ1n) is 7.61. The van der Waals surface area contributed by atoms with Gasteiger partial charge in [0.15, 0.2) is 22.3 Å².